The van der Waals surface area contributed by atoms with Crippen molar-refractivity contribution in [2.45, 2.75) is 32.6 Å². The van der Waals surface area contributed by atoms with Gasteiger partial charge in [0.1, 0.15) is 5.75 Å². The summed E-state index contributed by atoms with van der Waals surface area (Å²) in [4.78, 5) is 10.9. The quantitative estimate of drug-likeness (QED) is 0.898. The van der Waals surface area contributed by atoms with Crippen molar-refractivity contribution in [3.8, 4) is 5.75 Å². The molecule has 1 aromatic rings. The van der Waals surface area contributed by atoms with Crippen LogP contribution in [0.2, 0.25) is 5.02 Å². The molecule has 0 saturated heterocycles. The normalized spacial score (nSPS) is 11.4. The van der Waals surface area contributed by atoms with Crippen molar-refractivity contribution in [1.82, 2.24) is 0 Å². The van der Waals surface area contributed by atoms with Gasteiger partial charge >= 0.3 is 5.97 Å². The largest absolute Gasteiger partial charge is 0.495 e. The molecule has 0 saturated carbocycles. The number of halogens is 1. The minimum Gasteiger partial charge on any atom is -0.495 e. The number of hydrogen-bond acceptors (Lipinski definition) is 2. The summed E-state index contributed by atoms with van der Waals surface area (Å²) in [6.45, 7) is 5.62. The first kappa shape index (κ1) is 13.8. The second-order valence-corrected chi connectivity index (χ2v) is 5.11. The second kappa shape index (κ2) is 4.96. The van der Waals surface area contributed by atoms with E-state index in [0.29, 0.717) is 10.8 Å². The SMILES string of the molecule is COc1c(C(C)(C)CC(=O)O)ccc(C)c1Cl. The Morgan fingerprint density at radius 1 is 1.47 bits per heavy atom. The van der Waals surface area contributed by atoms with Crippen molar-refractivity contribution >= 4 is 17.6 Å². The van der Waals surface area contributed by atoms with Crippen LogP contribution in [0.3, 0.4) is 0 Å². The number of methoxy groups -OCH3 is 1. The Bertz CT molecular complexity index is 439. The van der Waals surface area contributed by atoms with E-state index in [1.807, 2.05) is 32.9 Å². The van der Waals surface area contributed by atoms with Crippen LogP contribution in [-0.4, -0.2) is 18.2 Å². The van der Waals surface area contributed by atoms with Gasteiger partial charge in [0.2, 0.25) is 0 Å². The molecule has 1 aromatic carbocycles. The standard InChI is InChI=1S/C13H17ClO3/c1-8-5-6-9(12(17-4)11(8)14)13(2,3)7-10(15)16/h5-6H,7H2,1-4H3,(H,15,16). The fourth-order valence-electron chi connectivity index (χ4n) is 1.86. The molecule has 94 valence electrons. The van der Waals surface area contributed by atoms with E-state index in [1.54, 1.807) is 7.11 Å². The van der Waals surface area contributed by atoms with E-state index < -0.39 is 11.4 Å². The zero-order valence-electron chi connectivity index (χ0n) is 10.5. The van der Waals surface area contributed by atoms with Gasteiger partial charge in [0.15, 0.2) is 0 Å². The summed E-state index contributed by atoms with van der Waals surface area (Å²) in [5.41, 5.74) is 1.21. The van der Waals surface area contributed by atoms with E-state index in [1.165, 1.54) is 0 Å². The molecule has 0 bridgehead atoms. The van der Waals surface area contributed by atoms with Crippen LogP contribution >= 0.6 is 11.6 Å². The van der Waals surface area contributed by atoms with Crippen LogP contribution in [-0.2, 0) is 10.2 Å². The van der Waals surface area contributed by atoms with Crippen molar-refractivity contribution in [1.29, 1.82) is 0 Å². The molecule has 3 nitrogen and oxygen atoms in total. The first-order chi connectivity index (χ1) is 7.79. The number of carboxylic acid groups (broad SMARTS) is 1. The maximum Gasteiger partial charge on any atom is 0.304 e. The maximum atomic E-state index is 10.9. The van der Waals surface area contributed by atoms with Crippen molar-refractivity contribution < 1.29 is 14.6 Å². The number of hydrogen-bond donors (Lipinski definition) is 1. The molecule has 0 fully saturated rings. The van der Waals surface area contributed by atoms with E-state index in [2.05, 4.69) is 0 Å². The number of aliphatic carboxylic acids is 1. The lowest BCUT2D eigenvalue weighted by molar-refractivity contribution is -0.138. The highest BCUT2D eigenvalue weighted by Crippen LogP contribution is 2.40. The maximum absolute atomic E-state index is 10.9. The lowest BCUT2D eigenvalue weighted by atomic mass is 9.80. The zero-order valence-corrected chi connectivity index (χ0v) is 11.3. The highest BCUT2D eigenvalue weighted by atomic mass is 35.5. The summed E-state index contributed by atoms with van der Waals surface area (Å²) >= 11 is 6.17. The molecule has 0 spiro atoms. The van der Waals surface area contributed by atoms with Gasteiger partial charge in [-0.1, -0.05) is 37.6 Å². The summed E-state index contributed by atoms with van der Waals surface area (Å²) in [5.74, 6) is -0.272. The number of benzene rings is 1. The van der Waals surface area contributed by atoms with Crippen molar-refractivity contribution in [3.63, 3.8) is 0 Å². The molecule has 4 heteroatoms. The van der Waals surface area contributed by atoms with Gasteiger partial charge in [-0.3, -0.25) is 4.79 Å². The Labute approximate surface area is 106 Å². The number of aryl methyl sites for hydroxylation is 1. The molecule has 0 amide bonds. The Morgan fingerprint density at radius 3 is 2.53 bits per heavy atom. The molecule has 1 rings (SSSR count). The molecule has 0 radical (unpaired) electrons. The highest BCUT2D eigenvalue weighted by molar-refractivity contribution is 6.33. The van der Waals surface area contributed by atoms with Crippen molar-refractivity contribution in [2.24, 2.45) is 0 Å². The molecule has 0 aliphatic heterocycles. The van der Waals surface area contributed by atoms with Gasteiger partial charge in [-0.15, -0.1) is 0 Å². The first-order valence-corrected chi connectivity index (χ1v) is 5.72. The fraction of sp³-hybridized carbons (Fsp3) is 0.462. The van der Waals surface area contributed by atoms with E-state index in [-0.39, 0.29) is 6.42 Å². The number of ether oxygens (including phenoxy) is 1. The Morgan fingerprint density at radius 2 is 2.06 bits per heavy atom. The van der Waals surface area contributed by atoms with Crippen LogP contribution in [0.5, 0.6) is 5.75 Å². The van der Waals surface area contributed by atoms with Crippen LogP contribution in [0.4, 0.5) is 0 Å². The van der Waals surface area contributed by atoms with Crippen LogP contribution in [0.25, 0.3) is 0 Å². The van der Waals surface area contributed by atoms with Gasteiger partial charge in [-0.25, -0.2) is 0 Å². The molecule has 0 aliphatic carbocycles. The molecule has 0 atom stereocenters. The van der Waals surface area contributed by atoms with Gasteiger partial charge in [-0.05, 0) is 12.5 Å². The van der Waals surface area contributed by atoms with Gasteiger partial charge in [-0.2, -0.15) is 0 Å². The summed E-state index contributed by atoms with van der Waals surface area (Å²) in [6.07, 6.45) is 0.0305. The van der Waals surface area contributed by atoms with Gasteiger partial charge in [0.05, 0.1) is 18.6 Å². The molecular formula is C13H17ClO3. The Balaban J connectivity index is 3.31. The van der Waals surface area contributed by atoms with Crippen LogP contribution < -0.4 is 4.74 Å². The molecule has 0 aliphatic rings. The average Bonchev–Trinajstić information content (AvgIpc) is 2.19. The van der Waals surface area contributed by atoms with E-state index in [9.17, 15) is 4.79 Å². The Kier molecular flexibility index (Phi) is 4.04. The predicted octanol–water partition coefficient (Wildman–Crippen LogP) is 3.41. The first-order valence-electron chi connectivity index (χ1n) is 5.35. The number of carboxylic acids is 1. The van der Waals surface area contributed by atoms with E-state index in [0.717, 1.165) is 11.1 Å². The summed E-state index contributed by atoms with van der Waals surface area (Å²) in [6, 6.07) is 3.76. The fourth-order valence-corrected chi connectivity index (χ4v) is 2.10. The Hall–Kier alpha value is -1.22. The highest BCUT2D eigenvalue weighted by Gasteiger charge is 2.28. The monoisotopic (exact) mass is 256 g/mol. The summed E-state index contributed by atoms with van der Waals surface area (Å²) in [7, 11) is 1.54. The number of rotatable bonds is 4. The lowest BCUT2D eigenvalue weighted by Gasteiger charge is -2.26. The molecule has 0 heterocycles. The lowest BCUT2D eigenvalue weighted by Crippen LogP contribution is -2.22. The smallest absolute Gasteiger partial charge is 0.304 e. The zero-order chi connectivity index (χ0) is 13.2. The van der Waals surface area contributed by atoms with Crippen LogP contribution in [0.15, 0.2) is 12.1 Å². The number of carbonyl (C=O) groups is 1. The van der Waals surface area contributed by atoms with Crippen LogP contribution in [0.1, 0.15) is 31.4 Å². The van der Waals surface area contributed by atoms with Gasteiger partial charge in [0.25, 0.3) is 0 Å². The average molecular weight is 257 g/mol. The molecule has 0 unspecified atom stereocenters. The summed E-state index contributed by atoms with van der Waals surface area (Å²) in [5, 5.41) is 9.47. The second-order valence-electron chi connectivity index (χ2n) is 4.73. The predicted molar refractivity (Wildman–Crippen MR) is 68.0 cm³/mol. The minimum atomic E-state index is -0.839. The third-order valence-electron chi connectivity index (χ3n) is 2.82. The molecule has 17 heavy (non-hydrogen) atoms. The van der Waals surface area contributed by atoms with Gasteiger partial charge < -0.3 is 9.84 Å². The summed E-state index contributed by atoms with van der Waals surface area (Å²) < 4.78 is 5.30. The third kappa shape index (κ3) is 2.91. The van der Waals surface area contributed by atoms with Gasteiger partial charge in [0, 0.05) is 11.0 Å². The minimum absolute atomic E-state index is 0.0305. The topological polar surface area (TPSA) is 46.5 Å². The van der Waals surface area contributed by atoms with E-state index in [4.69, 9.17) is 21.4 Å². The van der Waals surface area contributed by atoms with Crippen LogP contribution in [0, 0.1) is 6.92 Å². The molecule has 1 N–H and O–H groups in total. The van der Waals surface area contributed by atoms with Crippen molar-refractivity contribution in [2.75, 3.05) is 7.11 Å². The van der Waals surface area contributed by atoms with Crippen molar-refractivity contribution in [3.05, 3.63) is 28.3 Å². The molecule has 0 aromatic heterocycles. The molecular weight excluding hydrogens is 240 g/mol. The third-order valence-corrected chi connectivity index (χ3v) is 3.29. The van der Waals surface area contributed by atoms with E-state index >= 15 is 0 Å².